The maximum Gasteiger partial charge on any atom is 1.00 e. The normalized spacial score (nSPS) is 7.62. The molecular formula is C4H6INaO2. The van der Waals surface area contributed by atoms with Crippen LogP contribution in [0.3, 0.4) is 0 Å². The van der Waals surface area contributed by atoms with E-state index in [1.165, 1.54) is 0 Å². The van der Waals surface area contributed by atoms with Gasteiger partial charge in [0.2, 0.25) is 0 Å². The quantitative estimate of drug-likeness (QED) is 0.297. The van der Waals surface area contributed by atoms with Gasteiger partial charge in [-0.1, -0.05) is 22.6 Å². The molecule has 0 unspecified atom stereocenters. The third-order valence-corrected chi connectivity index (χ3v) is 1.28. The van der Waals surface area contributed by atoms with Crippen LogP contribution in [-0.2, 0) is 4.79 Å². The summed E-state index contributed by atoms with van der Waals surface area (Å²) in [5, 5.41) is 9.64. The summed E-state index contributed by atoms with van der Waals surface area (Å²) in [5.74, 6) is -0.948. The number of alkyl halides is 1. The Morgan fingerprint density at radius 2 is 2.12 bits per heavy atom. The molecule has 0 aromatic rings. The van der Waals surface area contributed by atoms with Gasteiger partial charge in [0.1, 0.15) is 0 Å². The zero-order chi connectivity index (χ0) is 5.70. The van der Waals surface area contributed by atoms with Crippen molar-refractivity contribution < 1.29 is 39.5 Å². The number of hydrogen-bond donors (Lipinski definition) is 0. The first-order valence-electron chi connectivity index (χ1n) is 2.03. The van der Waals surface area contributed by atoms with Crippen molar-refractivity contribution >= 4 is 28.6 Å². The molecule has 0 spiro atoms. The number of carbonyl (C=O) groups is 1. The molecule has 0 aliphatic heterocycles. The minimum Gasteiger partial charge on any atom is -0.550 e. The number of aliphatic carboxylic acids is 1. The number of carboxylic acid groups (broad SMARTS) is 1. The van der Waals surface area contributed by atoms with Gasteiger partial charge in [0.05, 0.1) is 0 Å². The van der Waals surface area contributed by atoms with Crippen molar-refractivity contribution in [3.05, 3.63) is 0 Å². The molecule has 0 aliphatic carbocycles. The minimum atomic E-state index is -0.948. The van der Waals surface area contributed by atoms with E-state index >= 15 is 0 Å². The summed E-state index contributed by atoms with van der Waals surface area (Å²) in [6.07, 6.45) is 0.922. The first kappa shape index (κ1) is 11.9. The molecule has 0 rings (SSSR count). The van der Waals surface area contributed by atoms with Gasteiger partial charge in [-0.2, -0.15) is 0 Å². The van der Waals surface area contributed by atoms with E-state index in [1.807, 2.05) is 0 Å². The van der Waals surface area contributed by atoms with Crippen LogP contribution in [0.5, 0.6) is 0 Å². The van der Waals surface area contributed by atoms with Crippen LogP contribution < -0.4 is 34.7 Å². The Balaban J connectivity index is 0. The minimum absolute atomic E-state index is 0. The summed E-state index contributed by atoms with van der Waals surface area (Å²) in [6, 6.07) is 0. The van der Waals surface area contributed by atoms with Crippen molar-refractivity contribution in [2.24, 2.45) is 0 Å². The summed E-state index contributed by atoms with van der Waals surface area (Å²) in [7, 11) is 0. The molecule has 42 valence electrons. The maximum atomic E-state index is 9.64. The number of rotatable bonds is 3. The summed E-state index contributed by atoms with van der Waals surface area (Å²) in [4.78, 5) is 9.64. The first-order chi connectivity index (χ1) is 3.27. The molecule has 0 amide bonds. The number of halogens is 1. The Morgan fingerprint density at radius 3 is 2.25 bits per heavy atom. The second-order valence-corrected chi connectivity index (χ2v) is 2.24. The van der Waals surface area contributed by atoms with Crippen LogP contribution >= 0.6 is 22.6 Å². The van der Waals surface area contributed by atoms with Crippen LogP contribution in [0.25, 0.3) is 0 Å². The molecule has 4 heteroatoms. The Labute approximate surface area is 84.5 Å². The summed E-state index contributed by atoms with van der Waals surface area (Å²) in [5.41, 5.74) is 0. The van der Waals surface area contributed by atoms with Gasteiger partial charge in [0.15, 0.2) is 0 Å². The molecule has 0 atom stereocenters. The van der Waals surface area contributed by atoms with E-state index in [2.05, 4.69) is 22.6 Å². The Hall–Kier alpha value is 1.20. The molecule has 0 aromatic heterocycles. The van der Waals surface area contributed by atoms with E-state index in [0.29, 0.717) is 0 Å². The van der Waals surface area contributed by atoms with E-state index in [9.17, 15) is 9.90 Å². The Bertz CT molecular complexity index is 67.1. The molecule has 0 fully saturated rings. The van der Waals surface area contributed by atoms with Crippen molar-refractivity contribution in [3.63, 3.8) is 0 Å². The predicted molar refractivity (Wildman–Crippen MR) is 33.1 cm³/mol. The third-order valence-electron chi connectivity index (χ3n) is 0.515. The average molecular weight is 236 g/mol. The second-order valence-electron chi connectivity index (χ2n) is 1.16. The van der Waals surface area contributed by atoms with Gasteiger partial charge in [0, 0.05) is 5.97 Å². The predicted octanol–water partition coefficient (Wildman–Crippen LogP) is -3.04. The van der Waals surface area contributed by atoms with Crippen molar-refractivity contribution in [2.45, 2.75) is 12.8 Å². The molecular weight excluding hydrogens is 230 g/mol. The van der Waals surface area contributed by atoms with Crippen LogP contribution in [0.15, 0.2) is 0 Å². The molecule has 0 N–H and O–H groups in total. The Kier molecular flexibility index (Phi) is 12.2. The number of hydrogen-bond acceptors (Lipinski definition) is 2. The van der Waals surface area contributed by atoms with Gasteiger partial charge in [-0.15, -0.1) is 0 Å². The fourth-order valence-corrected chi connectivity index (χ4v) is 0.593. The largest absolute Gasteiger partial charge is 1.00 e. The summed E-state index contributed by atoms with van der Waals surface area (Å²) < 4.78 is 0.895. The van der Waals surface area contributed by atoms with E-state index < -0.39 is 5.97 Å². The van der Waals surface area contributed by atoms with Gasteiger partial charge in [-0.25, -0.2) is 0 Å². The SMILES string of the molecule is O=C([O-])CCCI.[Na+]. The third kappa shape index (κ3) is 10.2. The standard InChI is InChI=1S/C4H7IO2.Na/c5-3-1-2-4(6)7;/h1-3H2,(H,6,7);/q;+1/p-1. The fraction of sp³-hybridized carbons (Fsp3) is 0.750. The smallest absolute Gasteiger partial charge is 0.550 e. The molecule has 0 saturated heterocycles. The van der Waals surface area contributed by atoms with Crippen LogP contribution in [0.4, 0.5) is 0 Å². The fourth-order valence-electron chi connectivity index (χ4n) is 0.211. The number of carbonyl (C=O) groups excluding carboxylic acids is 1. The van der Waals surface area contributed by atoms with E-state index in [-0.39, 0.29) is 36.0 Å². The molecule has 0 heterocycles. The molecule has 0 saturated carbocycles. The van der Waals surface area contributed by atoms with Crippen molar-refractivity contribution in [1.29, 1.82) is 0 Å². The second kappa shape index (κ2) is 8.20. The summed E-state index contributed by atoms with van der Waals surface area (Å²) in [6.45, 7) is 0. The van der Waals surface area contributed by atoms with Crippen LogP contribution in [0.1, 0.15) is 12.8 Å². The molecule has 0 bridgehead atoms. The zero-order valence-corrected chi connectivity index (χ0v) is 8.97. The van der Waals surface area contributed by atoms with Gasteiger partial charge in [-0.05, 0) is 17.3 Å². The van der Waals surface area contributed by atoms with Gasteiger partial charge in [0.25, 0.3) is 0 Å². The summed E-state index contributed by atoms with van der Waals surface area (Å²) >= 11 is 2.13. The molecule has 0 aliphatic rings. The van der Waals surface area contributed by atoms with Gasteiger partial charge < -0.3 is 9.90 Å². The van der Waals surface area contributed by atoms with Gasteiger partial charge in [-0.3, -0.25) is 0 Å². The van der Waals surface area contributed by atoms with Crippen molar-refractivity contribution in [3.8, 4) is 0 Å². The zero-order valence-electron chi connectivity index (χ0n) is 4.82. The average Bonchev–Trinajstić information content (AvgIpc) is 1.61. The first-order valence-corrected chi connectivity index (χ1v) is 3.55. The van der Waals surface area contributed by atoms with E-state index in [0.717, 1.165) is 10.8 Å². The molecule has 2 nitrogen and oxygen atoms in total. The van der Waals surface area contributed by atoms with Crippen molar-refractivity contribution in [2.75, 3.05) is 4.43 Å². The van der Waals surface area contributed by atoms with E-state index in [1.54, 1.807) is 0 Å². The van der Waals surface area contributed by atoms with E-state index in [4.69, 9.17) is 0 Å². The maximum absolute atomic E-state index is 9.64. The van der Waals surface area contributed by atoms with Crippen LogP contribution in [-0.4, -0.2) is 10.4 Å². The van der Waals surface area contributed by atoms with Crippen molar-refractivity contribution in [1.82, 2.24) is 0 Å². The van der Waals surface area contributed by atoms with Crippen LogP contribution in [0.2, 0.25) is 0 Å². The van der Waals surface area contributed by atoms with Gasteiger partial charge >= 0.3 is 29.6 Å². The molecule has 0 aromatic carbocycles. The molecule has 0 radical (unpaired) electrons. The topological polar surface area (TPSA) is 40.1 Å². The Morgan fingerprint density at radius 1 is 1.62 bits per heavy atom. The molecule has 8 heavy (non-hydrogen) atoms. The number of carboxylic acids is 1. The monoisotopic (exact) mass is 236 g/mol. The van der Waals surface area contributed by atoms with Crippen LogP contribution in [0, 0.1) is 0 Å².